The average molecular weight is 247 g/mol. The van der Waals surface area contributed by atoms with Gasteiger partial charge in [0.2, 0.25) is 5.28 Å². The maximum absolute atomic E-state index is 10.8. The fourth-order valence-corrected chi connectivity index (χ4v) is 2.08. The zero-order valence-electron chi connectivity index (χ0n) is 8.49. The molecule has 0 radical (unpaired) electrons. The SMILES string of the molecule is COC(=O)CCSc1cc(C)nc(Cl)n1. The van der Waals surface area contributed by atoms with Gasteiger partial charge in [-0.3, -0.25) is 4.79 Å². The summed E-state index contributed by atoms with van der Waals surface area (Å²) in [6.45, 7) is 1.85. The van der Waals surface area contributed by atoms with E-state index < -0.39 is 0 Å². The minimum absolute atomic E-state index is 0.223. The van der Waals surface area contributed by atoms with Gasteiger partial charge >= 0.3 is 5.97 Å². The lowest BCUT2D eigenvalue weighted by Crippen LogP contribution is -2.01. The van der Waals surface area contributed by atoms with Crippen LogP contribution in [-0.4, -0.2) is 28.8 Å². The number of hydrogen-bond acceptors (Lipinski definition) is 5. The molecule has 0 N–H and O–H groups in total. The van der Waals surface area contributed by atoms with Crippen LogP contribution in [0.15, 0.2) is 11.1 Å². The molecular formula is C9H11ClN2O2S. The number of esters is 1. The molecule has 1 aromatic heterocycles. The first-order chi connectivity index (χ1) is 7.11. The Balaban J connectivity index is 2.47. The van der Waals surface area contributed by atoms with Crippen molar-refractivity contribution in [2.24, 2.45) is 0 Å². The molecule has 0 amide bonds. The molecule has 0 aromatic carbocycles. The summed E-state index contributed by atoms with van der Waals surface area (Å²) in [5.74, 6) is 0.402. The van der Waals surface area contributed by atoms with Gasteiger partial charge in [-0.25, -0.2) is 9.97 Å². The van der Waals surface area contributed by atoms with E-state index in [9.17, 15) is 4.79 Å². The lowest BCUT2D eigenvalue weighted by atomic mass is 10.5. The van der Waals surface area contributed by atoms with Gasteiger partial charge < -0.3 is 4.74 Å². The highest BCUT2D eigenvalue weighted by atomic mass is 35.5. The number of methoxy groups -OCH3 is 1. The van der Waals surface area contributed by atoms with E-state index in [0.29, 0.717) is 12.2 Å². The fourth-order valence-electron chi connectivity index (χ4n) is 0.920. The number of ether oxygens (including phenoxy) is 1. The Kier molecular flexibility index (Phi) is 4.84. The van der Waals surface area contributed by atoms with E-state index in [0.717, 1.165) is 10.7 Å². The van der Waals surface area contributed by atoms with Crippen molar-refractivity contribution in [1.82, 2.24) is 9.97 Å². The monoisotopic (exact) mass is 246 g/mol. The molecule has 6 heteroatoms. The van der Waals surface area contributed by atoms with Crippen LogP contribution in [0.25, 0.3) is 0 Å². The first kappa shape index (κ1) is 12.3. The van der Waals surface area contributed by atoms with Crippen molar-refractivity contribution in [3.8, 4) is 0 Å². The number of thioether (sulfide) groups is 1. The van der Waals surface area contributed by atoms with Crippen molar-refractivity contribution < 1.29 is 9.53 Å². The fraction of sp³-hybridized carbons (Fsp3) is 0.444. The molecule has 82 valence electrons. The summed E-state index contributed by atoms with van der Waals surface area (Å²) in [6, 6.07) is 1.83. The van der Waals surface area contributed by atoms with Crippen LogP contribution in [0, 0.1) is 6.92 Å². The van der Waals surface area contributed by atoms with Crippen molar-refractivity contribution in [3.05, 3.63) is 17.0 Å². The summed E-state index contributed by atoms with van der Waals surface area (Å²) in [7, 11) is 1.37. The Hall–Kier alpha value is -0.810. The van der Waals surface area contributed by atoms with Gasteiger partial charge in [0.25, 0.3) is 0 Å². The van der Waals surface area contributed by atoms with E-state index in [1.165, 1.54) is 18.9 Å². The molecule has 0 aliphatic rings. The molecule has 1 rings (SSSR count). The van der Waals surface area contributed by atoms with Gasteiger partial charge in [-0.05, 0) is 24.6 Å². The summed E-state index contributed by atoms with van der Waals surface area (Å²) in [4.78, 5) is 18.8. The van der Waals surface area contributed by atoms with Gasteiger partial charge in [-0.15, -0.1) is 11.8 Å². The van der Waals surface area contributed by atoms with Crippen LogP contribution >= 0.6 is 23.4 Å². The number of aryl methyl sites for hydroxylation is 1. The third-order valence-electron chi connectivity index (χ3n) is 1.59. The minimum atomic E-state index is -0.223. The smallest absolute Gasteiger partial charge is 0.306 e. The Morgan fingerprint density at radius 1 is 1.60 bits per heavy atom. The van der Waals surface area contributed by atoms with Crippen LogP contribution in [-0.2, 0) is 9.53 Å². The van der Waals surface area contributed by atoms with Gasteiger partial charge in [-0.1, -0.05) is 0 Å². The van der Waals surface area contributed by atoms with E-state index in [1.54, 1.807) is 0 Å². The molecule has 0 unspecified atom stereocenters. The van der Waals surface area contributed by atoms with E-state index in [2.05, 4.69) is 14.7 Å². The summed E-state index contributed by atoms with van der Waals surface area (Å²) in [5.41, 5.74) is 0.815. The van der Waals surface area contributed by atoms with Gasteiger partial charge in [0.15, 0.2) is 0 Å². The Bertz CT molecular complexity index is 340. The highest BCUT2D eigenvalue weighted by Gasteiger charge is 2.03. The molecule has 15 heavy (non-hydrogen) atoms. The van der Waals surface area contributed by atoms with E-state index in [-0.39, 0.29) is 11.3 Å². The van der Waals surface area contributed by atoms with Gasteiger partial charge in [0, 0.05) is 11.4 Å². The lowest BCUT2D eigenvalue weighted by molar-refractivity contribution is -0.140. The summed E-state index contributed by atoms with van der Waals surface area (Å²) in [6.07, 6.45) is 0.363. The maximum atomic E-state index is 10.8. The van der Waals surface area contributed by atoms with E-state index in [1.807, 2.05) is 13.0 Å². The van der Waals surface area contributed by atoms with Crippen LogP contribution in [0.5, 0.6) is 0 Å². The average Bonchev–Trinajstić information content (AvgIpc) is 2.16. The maximum Gasteiger partial charge on any atom is 0.306 e. The topological polar surface area (TPSA) is 52.1 Å². The van der Waals surface area contributed by atoms with Crippen LogP contribution in [0.4, 0.5) is 0 Å². The zero-order valence-corrected chi connectivity index (χ0v) is 10.1. The Labute approximate surface area is 97.4 Å². The number of aromatic nitrogens is 2. The number of carbonyl (C=O) groups excluding carboxylic acids is 1. The molecule has 1 aromatic rings. The number of halogens is 1. The molecule has 0 atom stereocenters. The second-order valence-corrected chi connectivity index (χ2v) is 4.24. The van der Waals surface area contributed by atoms with Crippen molar-refractivity contribution in [3.63, 3.8) is 0 Å². The predicted molar refractivity (Wildman–Crippen MR) is 59.1 cm³/mol. The first-order valence-electron chi connectivity index (χ1n) is 4.32. The quantitative estimate of drug-likeness (QED) is 0.352. The molecule has 0 aliphatic heterocycles. The van der Waals surface area contributed by atoms with Crippen LogP contribution in [0.3, 0.4) is 0 Å². The highest BCUT2D eigenvalue weighted by molar-refractivity contribution is 7.99. The molecule has 0 bridgehead atoms. The van der Waals surface area contributed by atoms with Crippen molar-refractivity contribution in [2.45, 2.75) is 18.4 Å². The summed E-state index contributed by atoms with van der Waals surface area (Å²) < 4.78 is 4.52. The molecular weight excluding hydrogens is 236 g/mol. The third kappa shape index (κ3) is 4.48. The van der Waals surface area contributed by atoms with Crippen LogP contribution in [0.2, 0.25) is 5.28 Å². The van der Waals surface area contributed by atoms with E-state index in [4.69, 9.17) is 11.6 Å². The molecule has 0 saturated carbocycles. The van der Waals surface area contributed by atoms with Gasteiger partial charge in [0.1, 0.15) is 5.03 Å². The lowest BCUT2D eigenvalue weighted by Gasteiger charge is -2.01. The summed E-state index contributed by atoms with van der Waals surface area (Å²) in [5, 5.41) is 1.01. The highest BCUT2D eigenvalue weighted by Crippen LogP contribution is 2.18. The molecule has 0 spiro atoms. The van der Waals surface area contributed by atoms with Crippen molar-refractivity contribution >= 4 is 29.3 Å². The molecule has 1 heterocycles. The molecule has 4 nitrogen and oxygen atoms in total. The van der Waals surface area contributed by atoms with Crippen LogP contribution < -0.4 is 0 Å². The standard InChI is InChI=1S/C9H11ClN2O2S/c1-6-5-7(12-9(10)11-6)15-4-3-8(13)14-2/h5H,3-4H2,1-2H3. The number of carbonyl (C=O) groups is 1. The second-order valence-electron chi connectivity index (χ2n) is 2.79. The van der Waals surface area contributed by atoms with Gasteiger partial charge in [0.05, 0.1) is 13.5 Å². The van der Waals surface area contributed by atoms with Crippen LogP contribution in [0.1, 0.15) is 12.1 Å². The molecule has 0 saturated heterocycles. The summed E-state index contributed by atoms with van der Waals surface area (Å²) >= 11 is 7.15. The Morgan fingerprint density at radius 2 is 2.33 bits per heavy atom. The molecule has 0 aliphatic carbocycles. The predicted octanol–water partition coefficient (Wildman–Crippen LogP) is 2.09. The number of rotatable bonds is 4. The number of nitrogens with zero attached hydrogens (tertiary/aromatic N) is 2. The minimum Gasteiger partial charge on any atom is -0.469 e. The van der Waals surface area contributed by atoms with E-state index >= 15 is 0 Å². The van der Waals surface area contributed by atoms with Crippen molar-refractivity contribution in [2.75, 3.05) is 12.9 Å². The zero-order chi connectivity index (χ0) is 11.3. The first-order valence-corrected chi connectivity index (χ1v) is 5.69. The normalized spacial score (nSPS) is 10.1. The largest absolute Gasteiger partial charge is 0.469 e. The number of hydrogen-bond donors (Lipinski definition) is 0. The van der Waals surface area contributed by atoms with Gasteiger partial charge in [-0.2, -0.15) is 0 Å². The third-order valence-corrected chi connectivity index (χ3v) is 2.67. The Morgan fingerprint density at radius 3 is 2.93 bits per heavy atom. The second kappa shape index (κ2) is 5.92. The molecule has 0 fully saturated rings. The van der Waals surface area contributed by atoms with Crippen molar-refractivity contribution in [1.29, 1.82) is 0 Å².